The molecule has 0 saturated heterocycles. The van der Waals surface area contributed by atoms with Crippen molar-refractivity contribution in [2.75, 3.05) is 13.7 Å². The van der Waals surface area contributed by atoms with Gasteiger partial charge in [0.1, 0.15) is 5.75 Å². The van der Waals surface area contributed by atoms with E-state index in [0.717, 1.165) is 24.2 Å². The average Bonchev–Trinajstić information content (AvgIpc) is 2.35. The Morgan fingerprint density at radius 2 is 1.89 bits per heavy atom. The van der Waals surface area contributed by atoms with Crippen LogP contribution in [0.2, 0.25) is 0 Å². The average molecular weight is 250 g/mol. The molecule has 100 valence electrons. The first-order chi connectivity index (χ1) is 8.61. The van der Waals surface area contributed by atoms with Gasteiger partial charge in [0, 0.05) is 0 Å². The lowest BCUT2D eigenvalue weighted by Crippen LogP contribution is -2.09. The SMILES string of the molecule is COc1ccc(CC(=O)OCCCC(C)C)cc1. The molecule has 0 N–H and O–H groups in total. The van der Waals surface area contributed by atoms with Gasteiger partial charge in [-0.3, -0.25) is 4.79 Å². The lowest BCUT2D eigenvalue weighted by atomic mass is 10.1. The first-order valence-electron chi connectivity index (χ1n) is 6.40. The van der Waals surface area contributed by atoms with E-state index in [1.54, 1.807) is 7.11 Å². The molecule has 0 bridgehead atoms. The van der Waals surface area contributed by atoms with Gasteiger partial charge in [-0.2, -0.15) is 0 Å². The van der Waals surface area contributed by atoms with Crippen LogP contribution in [0, 0.1) is 5.92 Å². The van der Waals surface area contributed by atoms with Gasteiger partial charge in [-0.15, -0.1) is 0 Å². The Hall–Kier alpha value is -1.51. The van der Waals surface area contributed by atoms with Gasteiger partial charge in [0.15, 0.2) is 0 Å². The van der Waals surface area contributed by atoms with Gasteiger partial charge in [-0.25, -0.2) is 0 Å². The van der Waals surface area contributed by atoms with Crippen molar-refractivity contribution < 1.29 is 14.3 Å². The quantitative estimate of drug-likeness (QED) is 0.550. The molecule has 0 spiro atoms. The van der Waals surface area contributed by atoms with Crippen molar-refractivity contribution >= 4 is 5.97 Å². The summed E-state index contributed by atoms with van der Waals surface area (Å²) in [5.74, 6) is 1.29. The van der Waals surface area contributed by atoms with Gasteiger partial charge in [-0.1, -0.05) is 26.0 Å². The second-order valence-corrected chi connectivity index (χ2v) is 4.78. The molecule has 0 unspecified atom stereocenters. The molecule has 3 nitrogen and oxygen atoms in total. The van der Waals surface area contributed by atoms with E-state index in [4.69, 9.17) is 9.47 Å². The van der Waals surface area contributed by atoms with Crippen molar-refractivity contribution in [3.05, 3.63) is 29.8 Å². The van der Waals surface area contributed by atoms with Crippen molar-refractivity contribution in [1.29, 1.82) is 0 Å². The number of hydrogen-bond acceptors (Lipinski definition) is 3. The number of carbonyl (C=O) groups excluding carboxylic acids is 1. The smallest absolute Gasteiger partial charge is 0.310 e. The van der Waals surface area contributed by atoms with Gasteiger partial charge in [0.05, 0.1) is 20.1 Å². The maximum atomic E-state index is 11.6. The van der Waals surface area contributed by atoms with Crippen molar-refractivity contribution in [3.63, 3.8) is 0 Å². The fraction of sp³-hybridized carbons (Fsp3) is 0.533. The van der Waals surface area contributed by atoms with Gasteiger partial charge in [0.25, 0.3) is 0 Å². The topological polar surface area (TPSA) is 35.5 Å². The molecule has 1 aromatic rings. The highest BCUT2D eigenvalue weighted by Crippen LogP contribution is 2.12. The lowest BCUT2D eigenvalue weighted by Gasteiger charge is -2.07. The molecule has 0 fully saturated rings. The molecule has 0 aliphatic rings. The highest BCUT2D eigenvalue weighted by Gasteiger charge is 2.05. The molecule has 1 aromatic carbocycles. The molecule has 0 saturated carbocycles. The Labute approximate surface area is 109 Å². The van der Waals surface area contributed by atoms with E-state index in [9.17, 15) is 4.79 Å². The monoisotopic (exact) mass is 250 g/mol. The third kappa shape index (κ3) is 5.71. The Kier molecular flexibility index (Phi) is 6.26. The molecule has 18 heavy (non-hydrogen) atoms. The molecule has 0 heterocycles. The Bertz CT molecular complexity index is 355. The number of esters is 1. The minimum absolute atomic E-state index is 0.163. The summed E-state index contributed by atoms with van der Waals surface area (Å²) in [5.41, 5.74) is 0.949. The predicted octanol–water partition coefficient (Wildman–Crippen LogP) is 3.22. The van der Waals surface area contributed by atoms with Crippen molar-refractivity contribution in [2.45, 2.75) is 33.1 Å². The van der Waals surface area contributed by atoms with Crippen LogP contribution in [0.1, 0.15) is 32.3 Å². The summed E-state index contributed by atoms with van der Waals surface area (Å²) in [5, 5.41) is 0. The molecule has 0 aromatic heterocycles. The van der Waals surface area contributed by atoms with E-state index in [-0.39, 0.29) is 5.97 Å². The van der Waals surface area contributed by atoms with Gasteiger partial charge in [0.2, 0.25) is 0 Å². The first kappa shape index (κ1) is 14.6. The van der Waals surface area contributed by atoms with Gasteiger partial charge >= 0.3 is 5.97 Å². The van der Waals surface area contributed by atoms with E-state index in [1.165, 1.54) is 0 Å². The van der Waals surface area contributed by atoms with E-state index in [2.05, 4.69) is 13.8 Å². The second-order valence-electron chi connectivity index (χ2n) is 4.78. The van der Waals surface area contributed by atoms with Crippen LogP contribution < -0.4 is 4.74 Å². The molecule has 0 amide bonds. The number of rotatable bonds is 7. The van der Waals surface area contributed by atoms with Crippen LogP contribution in [0.3, 0.4) is 0 Å². The Balaban J connectivity index is 2.26. The summed E-state index contributed by atoms with van der Waals surface area (Å²) in [6.07, 6.45) is 2.35. The minimum atomic E-state index is -0.163. The van der Waals surface area contributed by atoms with Crippen LogP contribution in [0.15, 0.2) is 24.3 Å². The zero-order valence-corrected chi connectivity index (χ0v) is 11.4. The van der Waals surface area contributed by atoms with Crippen molar-refractivity contribution in [1.82, 2.24) is 0 Å². The third-order valence-electron chi connectivity index (χ3n) is 2.70. The van der Waals surface area contributed by atoms with Crippen LogP contribution in [-0.4, -0.2) is 19.7 Å². The molecular formula is C15H22O3. The van der Waals surface area contributed by atoms with Crippen molar-refractivity contribution in [3.8, 4) is 5.75 Å². The number of hydrogen-bond donors (Lipinski definition) is 0. The highest BCUT2D eigenvalue weighted by atomic mass is 16.5. The maximum absolute atomic E-state index is 11.6. The zero-order chi connectivity index (χ0) is 13.4. The zero-order valence-electron chi connectivity index (χ0n) is 11.4. The largest absolute Gasteiger partial charge is 0.497 e. The van der Waals surface area contributed by atoms with Crippen LogP contribution in [0.25, 0.3) is 0 Å². The fourth-order valence-corrected chi connectivity index (χ4v) is 1.64. The van der Waals surface area contributed by atoms with Crippen LogP contribution in [-0.2, 0) is 16.0 Å². The van der Waals surface area contributed by atoms with E-state index >= 15 is 0 Å². The lowest BCUT2D eigenvalue weighted by molar-refractivity contribution is -0.143. The summed E-state index contributed by atoms with van der Waals surface area (Å²) < 4.78 is 10.2. The molecule has 0 radical (unpaired) electrons. The summed E-state index contributed by atoms with van der Waals surface area (Å²) in [7, 11) is 1.62. The summed E-state index contributed by atoms with van der Waals surface area (Å²) >= 11 is 0. The summed E-state index contributed by atoms with van der Waals surface area (Å²) in [6, 6.07) is 7.46. The number of methoxy groups -OCH3 is 1. The number of ether oxygens (including phenoxy) is 2. The fourth-order valence-electron chi connectivity index (χ4n) is 1.64. The normalized spacial score (nSPS) is 10.4. The van der Waals surface area contributed by atoms with Gasteiger partial charge < -0.3 is 9.47 Å². The molecule has 0 aliphatic heterocycles. The molecular weight excluding hydrogens is 228 g/mol. The molecule has 1 rings (SSSR count). The van der Waals surface area contributed by atoms with E-state index < -0.39 is 0 Å². The molecule has 0 aliphatic carbocycles. The number of benzene rings is 1. The maximum Gasteiger partial charge on any atom is 0.310 e. The van der Waals surface area contributed by atoms with Crippen molar-refractivity contribution in [2.24, 2.45) is 5.92 Å². The summed E-state index contributed by atoms with van der Waals surface area (Å²) in [4.78, 5) is 11.6. The van der Waals surface area contributed by atoms with Crippen LogP contribution in [0.4, 0.5) is 0 Å². The molecule has 3 heteroatoms. The van der Waals surface area contributed by atoms with E-state index in [0.29, 0.717) is 18.9 Å². The van der Waals surface area contributed by atoms with Crippen LogP contribution in [0.5, 0.6) is 5.75 Å². The minimum Gasteiger partial charge on any atom is -0.497 e. The predicted molar refractivity (Wildman–Crippen MR) is 71.7 cm³/mol. The van der Waals surface area contributed by atoms with E-state index in [1.807, 2.05) is 24.3 Å². The first-order valence-corrected chi connectivity index (χ1v) is 6.40. The standard InChI is InChI=1S/C15H22O3/c1-12(2)5-4-10-18-15(16)11-13-6-8-14(17-3)9-7-13/h6-9,12H,4-5,10-11H2,1-3H3. The highest BCUT2D eigenvalue weighted by molar-refractivity contribution is 5.72. The third-order valence-corrected chi connectivity index (χ3v) is 2.70. The second kappa shape index (κ2) is 7.75. The molecule has 0 atom stereocenters. The van der Waals surface area contributed by atoms with Gasteiger partial charge in [-0.05, 0) is 36.5 Å². The van der Waals surface area contributed by atoms with Crippen LogP contribution >= 0.6 is 0 Å². The Morgan fingerprint density at radius 1 is 1.22 bits per heavy atom. The summed E-state index contributed by atoms with van der Waals surface area (Å²) in [6.45, 7) is 4.85. The number of carbonyl (C=O) groups is 1. The Morgan fingerprint density at radius 3 is 2.44 bits per heavy atom.